The second-order valence-corrected chi connectivity index (χ2v) is 6.53. The normalized spacial score (nSPS) is 25.6. The van der Waals surface area contributed by atoms with E-state index in [0.717, 1.165) is 26.2 Å². The van der Waals surface area contributed by atoms with Crippen LogP contribution in [0.15, 0.2) is 0 Å². The Balaban J connectivity index is 1.79. The van der Waals surface area contributed by atoms with Gasteiger partial charge in [0.05, 0.1) is 5.92 Å². The van der Waals surface area contributed by atoms with Gasteiger partial charge >= 0.3 is 0 Å². The molecule has 0 aromatic carbocycles. The third-order valence-electron chi connectivity index (χ3n) is 4.40. The van der Waals surface area contributed by atoms with E-state index >= 15 is 0 Å². The molecule has 0 radical (unpaired) electrons. The molecular weight excluding hydrogens is 256 g/mol. The second kappa shape index (κ2) is 6.10. The molecule has 1 unspecified atom stereocenters. The number of nitrogens with zero attached hydrogens (tertiary/aromatic N) is 2. The Bertz CT molecular complexity index is 375. The minimum absolute atomic E-state index is 0.00875. The van der Waals surface area contributed by atoms with Crippen molar-refractivity contribution in [2.45, 2.75) is 25.8 Å². The van der Waals surface area contributed by atoms with Gasteiger partial charge in [-0.2, -0.15) is 0 Å². The van der Waals surface area contributed by atoms with E-state index in [4.69, 9.17) is 0 Å². The van der Waals surface area contributed by atoms with Crippen molar-refractivity contribution in [3.05, 3.63) is 0 Å². The van der Waals surface area contributed by atoms with Gasteiger partial charge in [-0.25, -0.2) is 0 Å². The van der Waals surface area contributed by atoms with Gasteiger partial charge < -0.3 is 15.5 Å². The molecule has 0 aromatic rings. The molecule has 0 spiro atoms. The van der Waals surface area contributed by atoms with Crippen LogP contribution in [0.3, 0.4) is 0 Å². The number of carbonyl (C=O) groups excluding carboxylic acids is 2. The highest BCUT2D eigenvalue weighted by atomic mass is 16.2. The van der Waals surface area contributed by atoms with Gasteiger partial charge in [0.25, 0.3) is 0 Å². The molecule has 114 valence electrons. The number of hydrogen-bond acceptors (Lipinski definition) is 4. The van der Waals surface area contributed by atoms with Gasteiger partial charge in [-0.15, -0.1) is 0 Å². The molecule has 0 aromatic heterocycles. The molecule has 2 amide bonds. The number of amides is 2. The average Bonchev–Trinajstić information content (AvgIpc) is 2.83. The van der Waals surface area contributed by atoms with E-state index in [9.17, 15) is 9.59 Å². The zero-order valence-electron chi connectivity index (χ0n) is 12.7. The van der Waals surface area contributed by atoms with Gasteiger partial charge in [-0.05, 0) is 20.9 Å². The summed E-state index contributed by atoms with van der Waals surface area (Å²) >= 11 is 0. The molecule has 1 atom stereocenters. The summed E-state index contributed by atoms with van der Waals surface area (Å²) in [5, 5.41) is 5.71. The van der Waals surface area contributed by atoms with Crippen molar-refractivity contribution < 1.29 is 9.59 Å². The zero-order chi connectivity index (χ0) is 14.8. The highest BCUT2D eigenvalue weighted by molar-refractivity contribution is 5.89. The maximum absolute atomic E-state index is 12.0. The summed E-state index contributed by atoms with van der Waals surface area (Å²) in [6.45, 7) is 9.62. The minimum atomic E-state index is -0.203. The molecular formula is C14H26N4O2. The van der Waals surface area contributed by atoms with Crippen LogP contribution in [-0.4, -0.2) is 73.5 Å². The van der Waals surface area contributed by atoms with Crippen molar-refractivity contribution in [2.75, 3.05) is 46.3 Å². The van der Waals surface area contributed by atoms with Crippen molar-refractivity contribution in [1.82, 2.24) is 20.4 Å². The quantitative estimate of drug-likeness (QED) is 0.713. The SMILES string of the molecule is CN1CCN(C(C)(C)CNC(=O)C2CNC(=O)C2)CC1. The first kappa shape index (κ1) is 15.3. The van der Waals surface area contributed by atoms with Crippen LogP contribution < -0.4 is 10.6 Å². The fourth-order valence-corrected chi connectivity index (χ4v) is 2.76. The lowest BCUT2D eigenvalue weighted by Gasteiger charge is -2.43. The van der Waals surface area contributed by atoms with E-state index in [1.165, 1.54) is 0 Å². The molecule has 6 heteroatoms. The Morgan fingerprint density at radius 2 is 2.00 bits per heavy atom. The number of likely N-dealkylation sites (N-methyl/N-ethyl adjacent to an activating group) is 1. The minimum Gasteiger partial charge on any atom is -0.355 e. The molecule has 2 saturated heterocycles. The molecule has 2 heterocycles. The van der Waals surface area contributed by atoms with Gasteiger partial charge in [0.15, 0.2) is 0 Å². The van der Waals surface area contributed by atoms with Crippen LogP contribution in [0.4, 0.5) is 0 Å². The maximum atomic E-state index is 12.0. The first-order valence-electron chi connectivity index (χ1n) is 7.36. The largest absolute Gasteiger partial charge is 0.355 e. The summed E-state index contributed by atoms with van der Waals surface area (Å²) in [6, 6.07) is 0. The van der Waals surface area contributed by atoms with Crippen LogP contribution in [0.25, 0.3) is 0 Å². The van der Waals surface area contributed by atoms with E-state index in [-0.39, 0.29) is 23.3 Å². The number of piperazine rings is 1. The highest BCUT2D eigenvalue weighted by Gasteiger charge is 2.32. The lowest BCUT2D eigenvalue weighted by molar-refractivity contribution is -0.127. The standard InChI is InChI=1S/C14H26N4O2/c1-14(2,18-6-4-17(3)5-7-18)10-16-13(20)11-8-12(19)15-9-11/h11H,4-10H2,1-3H3,(H,15,19)(H,16,20). The van der Waals surface area contributed by atoms with Crippen LogP contribution in [-0.2, 0) is 9.59 Å². The van der Waals surface area contributed by atoms with E-state index in [0.29, 0.717) is 19.5 Å². The Morgan fingerprint density at radius 3 is 2.55 bits per heavy atom. The van der Waals surface area contributed by atoms with E-state index in [1.54, 1.807) is 0 Å². The summed E-state index contributed by atoms with van der Waals surface area (Å²) in [5.74, 6) is -0.236. The first-order valence-corrected chi connectivity index (χ1v) is 7.36. The van der Waals surface area contributed by atoms with Crippen LogP contribution in [0, 0.1) is 5.92 Å². The molecule has 20 heavy (non-hydrogen) atoms. The monoisotopic (exact) mass is 282 g/mol. The predicted octanol–water partition coefficient (Wildman–Crippen LogP) is -0.735. The molecule has 6 nitrogen and oxygen atoms in total. The van der Waals surface area contributed by atoms with E-state index in [2.05, 4.69) is 41.3 Å². The summed E-state index contributed by atoms with van der Waals surface area (Å²) in [4.78, 5) is 27.9. The Kier molecular flexibility index (Phi) is 4.65. The number of hydrogen-bond donors (Lipinski definition) is 2. The van der Waals surface area contributed by atoms with Gasteiger partial charge in [0.2, 0.25) is 11.8 Å². The fourth-order valence-electron chi connectivity index (χ4n) is 2.76. The predicted molar refractivity (Wildman–Crippen MR) is 77.3 cm³/mol. The Hall–Kier alpha value is -1.14. The van der Waals surface area contributed by atoms with E-state index < -0.39 is 0 Å². The lowest BCUT2D eigenvalue weighted by atomic mass is 10.0. The summed E-state index contributed by atoms with van der Waals surface area (Å²) in [5.41, 5.74) is -0.0486. The average molecular weight is 282 g/mol. The highest BCUT2D eigenvalue weighted by Crippen LogP contribution is 2.16. The summed E-state index contributed by atoms with van der Waals surface area (Å²) in [6.07, 6.45) is 0.320. The maximum Gasteiger partial charge on any atom is 0.225 e. The molecule has 2 aliphatic heterocycles. The summed E-state index contributed by atoms with van der Waals surface area (Å²) in [7, 11) is 2.14. The van der Waals surface area contributed by atoms with Crippen LogP contribution in [0.2, 0.25) is 0 Å². The van der Waals surface area contributed by atoms with Crippen LogP contribution in [0.1, 0.15) is 20.3 Å². The first-order chi connectivity index (χ1) is 9.38. The van der Waals surface area contributed by atoms with Crippen molar-refractivity contribution in [3.63, 3.8) is 0 Å². The van der Waals surface area contributed by atoms with Crippen molar-refractivity contribution >= 4 is 11.8 Å². The molecule has 2 aliphatic rings. The molecule has 2 rings (SSSR count). The number of carbonyl (C=O) groups is 2. The molecule has 0 aliphatic carbocycles. The van der Waals surface area contributed by atoms with Crippen molar-refractivity contribution in [1.29, 1.82) is 0 Å². The smallest absolute Gasteiger partial charge is 0.225 e. The van der Waals surface area contributed by atoms with E-state index in [1.807, 2.05) is 0 Å². The topological polar surface area (TPSA) is 64.7 Å². The Labute approximate surface area is 120 Å². The van der Waals surface area contributed by atoms with Crippen LogP contribution in [0.5, 0.6) is 0 Å². The van der Waals surface area contributed by atoms with Gasteiger partial charge in [-0.1, -0.05) is 0 Å². The third-order valence-corrected chi connectivity index (χ3v) is 4.40. The third kappa shape index (κ3) is 3.70. The van der Waals surface area contributed by atoms with Crippen LogP contribution >= 0.6 is 0 Å². The lowest BCUT2D eigenvalue weighted by Crippen LogP contribution is -2.58. The molecule has 0 saturated carbocycles. The number of rotatable bonds is 4. The second-order valence-electron chi connectivity index (χ2n) is 6.53. The molecule has 0 bridgehead atoms. The van der Waals surface area contributed by atoms with Gasteiger partial charge in [-0.3, -0.25) is 14.5 Å². The Morgan fingerprint density at radius 1 is 1.35 bits per heavy atom. The summed E-state index contributed by atoms with van der Waals surface area (Å²) < 4.78 is 0. The number of nitrogens with one attached hydrogen (secondary N) is 2. The van der Waals surface area contributed by atoms with Gasteiger partial charge in [0.1, 0.15) is 0 Å². The van der Waals surface area contributed by atoms with Crippen molar-refractivity contribution in [2.24, 2.45) is 5.92 Å². The van der Waals surface area contributed by atoms with Crippen molar-refractivity contribution in [3.8, 4) is 0 Å². The zero-order valence-corrected chi connectivity index (χ0v) is 12.7. The molecule has 2 N–H and O–H groups in total. The fraction of sp³-hybridized carbons (Fsp3) is 0.857. The molecule has 2 fully saturated rings. The van der Waals surface area contributed by atoms with Gasteiger partial charge in [0, 0.05) is 51.2 Å².